The smallest absolute Gasteiger partial charge is 0.207 e. The molecule has 1 aliphatic heterocycles. The molecule has 0 radical (unpaired) electrons. The van der Waals surface area contributed by atoms with Crippen LogP contribution in [-0.2, 0) is 4.52 Å². The third-order valence-electron chi connectivity index (χ3n) is 1.30. The third-order valence-corrected chi connectivity index (χ3v) is 10.4. The summed E-state index contributed by atoms with van der Waals surface area (Å²) in [6.45, 7) is 0. The second-order valence-electron chi connectivity index (χ2n) is 3.28. The van der Waals surface area contributed by atoms with Gasteiger partial charge in [-0.3, -0.25) is 0 Å². The van der Waals surface area contributed by atoms with Crippen LogP contribution >= 0.6 is 39.0 Å². The Hall–Kier alpha value is 0.270. The molecule has 23 heteroatoms. The molecule has 0 saturated carbocycles. The fourth-order valence-corrected chi connectivity index (χ4v) is 9.02. The topological polar surface area (TPSA) is 71.0 Å². The van der Waals surface area contributed by atoms with E-state index >= 15 is 0 Å². The minimum atomic E-state index is -7.16. The predicted molar refractivity (Wildman–Crippen MR) is 63.9 cm³/mol. The lowest BCUT2D eigenvalue weighted by atomic mass is 11.4. The van der Waals surface area contributed by atoms with E-state index in [1.54, 1.807) is 0 Å². The van der Waals surface area contributed by atoms with Gasteiger partial charge < -0.3 is 0 Å². The van der Waals surface area contributed by atoms with Gasteiger partial charge in [-0.25, -0.2) is 4.52 Å². The zero-order valence-electron chi connectivity index (χ0n) is 9.92. The van der Waals surface area contributed by atoms with Crippen molar-refractivity contribution in [1.82, 2.24) is 0 Å². The minimum absolute atomic E-state index is 1.13. The van der Waals surface area contributed by atoms with E-state index in [4.69, 9.17) is 0 Å². The van der Waals surface area contributed by atoms with Crippen molar-refractivity contribution < 1.29 is 55.5 Å². The van der Waals surface area contributed by atoms with Gasteiger partial charge in [0, 0.05) is 0 Å². The van der Waals surface area contributed by atoms with Crippen molar-refractivity contribution in [2.45, 2.75) is 6.36 Å². The molecule has 6 nitrogen and oxygen atoms in total. The lowest BCUT2D eigenvalue weighted by molar-refractivity contribution is -0.274. The van der Waals surface area contributed by atoms with E-state index in [-0.39, 0.29) is 0 Å². The minimum Gasteiger partial charge on any atom is -0.207 e. The van der Waals surface area contributed by atoms with E-state index < -0.39 is 45.4 Å². The van der Waals surface area contributed by atoms with Gasteiger partial charge in [-0.1, -0.05) is 0 Å². The second-order valence-corrected chi connectivity index (χ2v) is 11.6. The quantitative estimate of drug-likeness (QED) is 0.272. The maximum atomic E-state index is 13.6. The molecule has 1 unspecified atom stereocenters. The molecule has 24 heavy (non-hydrogen) atoms. The van der Waals surface area contributed by atoms with Gasteiger partial charge in [-0.15, -0.1) is 69.3 Å². The van der Waals surface area contributed by atoms with Crippen LogP contribution in [0.3, 0.4) is 0 Å². The molecule has 144 valence electrons. The SMILES string of the molecule is FC(F)(F)OP1(F)=NP(F)(F)=NP(F)(F)=NP(F)(F)=NP(F)(F)=N1. The molecule has 0 aromatic carbocycles. The largest absolute Gasteiger partial charge is 0.530 e. The van der Waals surface area contributed by atoms with Gasteiger partial charge in [-0.05, 0) is 0 Å². The van der Waals surface area contributed by atoms with Crippen LogP contribution in [0.15, 0.2) is 22.6 Å². The number of rotatable bonds is 1. The highest BCUT2D eigenvalue weighted by molar-refractivity contribution is 7.78. The van der Waals surface area contributed by atoms with Gasteiger partial charge >= 0.3 is 45.4 Å². The van der Waals surface area contributed by atoms with Gasteiger partial charge in [0.15, 0.2) is 0 Å². The summed E-state index contributed by atoms with van der Waals surface area (Å²) < 4.78 is 161. The molecular formula is CF12N5OP5. The van der Waals surface area contributed by atoms with Crippen molar-refractivity contribution in [3.05, 3.63) is 0 Å². The molecule has 0 aliphatic carbocycles. The lowest BCUT2D eigenvalue weighted by Gasteiger charge is -2.15. The summed E-state index contributed by atoms with van der Waals surface area (Å²) in [5.74, 6) is 0. The van der Waals surface area contributed by atoms with Gasteiger partial charge in [0.1, 0.15) is 0 Å². The Morgan fingerprint density at radius 3 is 1.12 bits per heavy atom. The summed E-state index contributed by atoms with van der Waals surface area (Å²) in [4.78, 5) is 0. The Morgan fingerprint density at radius 1 is 0.500 bits per heavy atom. The third kappa shape index (κ3) is 7.66. The highest BCUT2D eigenvalue weighted by Gasteiger charge is 2.46. The maximum Gasteiger partial charge on any atom is 0.530 e. The fraction of sp³-hybridized carbons (Fsp3) is 1.00. The Balaban J connectivity index is 3.98. The number of hydrogen-bond donors (Lipinski definition) is 0. The molecule has 0 aromatic rings. The first-order valence-electron chi connectivity index (χ1n) is 4.47. The molecule has 0 saturated heterocycles. The van der Waals surface area contributed by atoms with Crippen LogP contribution in [-0.4, -0.2) is 6.36 Å². The van der Waals surface area contributed by atoms with Crippen LogP contribution in [0.2, 0.25) is 0 Å². The van der Waals surface area contributed by atoms with Crippen LogP contribution < -0.4 is 0 Å². The lowest BCUT2D eigenvalue weighted by Crippen LogP contribution is -2.09. The Kier molecular flexibility index (Phi) is 6.00. The molecule has 0 amide bonds. The molecule has 0 bridgehead atoms. The molecule has 0 N–H and O–H groups in total. The Morgan fingerprint density at radius 2 is 0.792 bits per heavy atom. The number of alkyl halides is 3. The highest BCUT2D eigenvalue weighted by atomic mass is 31.3. The van der Waals surface area contributed by atoms with Gasteiger partial charge in [0.2, 0.25) is 0 Å². The summed E-state index contributed by atoms with van der Waals surface area (Å²) in [6, 6.07) is 0. The predicted octanol–water partition coefficient (Wildman–Crippen LogP) is 9.99. The zero-order chi connectivity index (χ0) is 19.2. The molecule has 1 heterocycles. The first-order chi connectivity index (χ1) is 10.2. The van der Waals surface area contributed by atoms with Crippen molar-refractivity contribution in [2.75, 3.05) is 0 Å². The molecule has 1 aliphatic rings. The summed E-state index contributed by atoms with van der Waals surface area (Å²) in [5.41, 5.74) is 0. The molecule has 1 rings (SSSR count). The normalized spacial score (nSPS) is 31.3. The van der Waals surface area contributed by atoms with E-state index in [0.29, 0.717) is 0 Å². The first-order valence-corrected chi connectivity index (χ1v) is 11.9. The standard InChI is InChI=1S/CF12N5OP5/c2-1(3,4)19-24(13)17-22(9,10)15-20(5,6)14-21(7,8)16-23(11,12)18-24. The summed E-state index contributed by atoms with van der Waals surface area (Å²) in [6.07, 6.45) is -6.21. The van der Waals surface area contributed by atoms with Gasteiger partial charge in [0.25, 0.3) is 0 Å². The van der Waals surface area contributed by atoms with Crippen molar-refractivity contribution in [1.29, 1.82) is 0 Å². The van der Waals surface area contributed by atoms with Crippen molar-refractivity contribution in [3.8, 4) is 0 Å². The van der Waals surface area contributed by atoms with Crippen LogP contribution in [0.5, 0.6) is 0 Å². The number of nitrogens with zero attached hydrogens (tertiary/aromatic N) is 5. The van der Waals surface area contributed by atoms with Crippen molar-refractivity contribution >= 4 is 39.0 Å². The van der Waals surface area contributed by atoms with E-state index in [2.05, 4.69) is 4.52 Å². The highest BCUT2D eigenvalue weighted by Crippen LogP contribution is 2.83. The van der Waals surface area contributed by atoms with E-state index in [1.165, 1.54) is 9.03 Å². The number of halogens is 12. The molecular weight excluding hydrogens is 481 g/mol. The average Bonchev–Trinajstić information content (AvgIpc) is 1.98. The van der Waals surface area contributed by atoms with E-state index in [9.17, 15) is 50.9 Å². The fourth-order valence-electron chi connectivity index (χ4n) is 0.912. The van der Waals surface area contributed by atoms with Crippen LogP contribution in [0.1, 0.15) is 0 Å². The van der Waals surface area contributed by atoms with Crippen LogP contribution in [0.4, 0.5) is 50.9 Å². The van der Waals surface area contributed by atoms with E-state index in [1.807, 2.05) is 0 Å². The van der Waals surface area contributed by atoms with Crippen molar-refractivity contribution in [2.24, 2.45) is 22.6 Å². The Labute approximate surface area is 124 Å². The van der Waals surface area contributed by atoms with Crippen LogP contribution in [0, 0.1) is 0 Å². The zero-order valence-corrected chi connectivity index (χ0v) is 14.4. The monoisotopic (exact) mass is 481 g/mol. The molecule has 0 aromatic heterocycles. The molecule has 0 fully saturated rings. The molecule has 1 atom stereocenters. The molecule has 0 spiro atoms. The summed E-state index contributed by atoms with van der Waals surface area (Å²) >= 11 is 0. The summed E-state index contributed by atoms with van der Waals surface area (Å²) in [7, 11) is -35.5. The van der Waals surface area contributed by atoms with Crippen molar-refractivity contribution in [3.63, 3.8) is 0 Å². The second kappa shape index (κ2) is 6.46. The van der Waals surface area contributed by atoms with E-state index in [0.717, 1.165) is 13.5 Å². The summed E-state index contributed by atoms with van der Waals surface area (Å²) in [5, 5.41) is 0. The maximum absolute atomic E-state index is 13.6. The number of hydrogen-bond acceptors (Lipinski definition) is 6. The average molecular weight is 481 g/mol. The van der Waals surface area contributed by atoms with Gasteiger partial charge in [-0.2, -0.15) is 4.20 Å². The first kappa shape index (κ1) is 22.3. The van der Waals surface area contributed by atoms with Gasteiger partial charge in [0.05, 0.1) is 0 Å². The van der Waals surface area contributed by atoms with Crippen LogP contribution in [0.25, 0.3) is 0 Å². The Bertz CT molecular complexity index is 774.